The van der Waals surface area contributed by atoms with Crippen LogP contribution in [0.4, 0.5) is 5.69 Å². The third kappa shape index (κ3) is 5.05. The molecule has 1 N–H and O–H groups in total. The van der Waals surface area contributed by atoms with E-state index < -0.39 is 0 Å². The predicted molar refractivity (Wildman–Crippen MR) is 146 cm³/mol. The number of carbonyl (C=O) groups is 1. The lowest BCUT2D eigenvalue weighted by molar-refractivity contribution is -0.111. The average Bonchev–Trinajstić information content (AvgIpc) is 3.47. The standard InChI is InChI=1S/C28H19Cl3N2O3/c1-15-11-16(2)27-24(12-15)33-28(36-27)17-3-8-21(30)23(13-17)32-26(34)10-6-19-5-9-25(35-19)20-7-4-18(29)14-22(20)31/h3-14H,1-2H3,(H,32,34)/b10-6+. The SMILES string of the molecule is Cc1cc(C)c2oc(-c3ccc(Cl)c(NC(=O)/C=C/c4ccc(-c5ccc(Cl)cc5Cl)o4)c3)nc2c1. The number of furan rings is 1. The van der Waals surface area contributed by atoms with Crippen molar-refractivity contribution in [2.75, 3.05) is 5.32 Å². The van der Waals surface area contributed by atoms with Crippen molar-refractivity contribution in [1.82, 2.24) is 4.98 Å². The molecule has 5 aromatic rings. The van der Waals surface area contributed by atoms with Crippen LogP contribution in [-0.4, -0.2) is 10.9 Å². The molecule has 0 saturated carbocycles. The van der Waals surface area contributed by atoms with Gasteiger partial charge in [-0.2, -0.15) is 0 Å². The molecule has 0 aliphatic carbocycles. The van der Waals surface area contributed by atoms with Gasteiger partial charge in [0.25, 0.3) is 0 Å². The van der Waals surface area contributed by atoms with E-state index in [0.717, 1.165) is 22.2 Å². The number of hydrogen-bond acceptors (Lipinski definition) is 4. The van der Waals surface area contributed by atoms with Crippen LogP contribution in [0.2, 0.25) is 15.1 Å². The first-order valence-electron chi connectivity index (χ1n) is 11.0. The minimum atomic E-state index is -0.374. The number of amides is 1. The van der Waals surface area contributed by atoms with Crippen LogP contribution >= 0.6 is 34.8 Å². The minimum Gasteiger partial charge on any atom is -0.457 e. The molecule has 2 heterocycles. The van der Waals surface area contributed by atoms with Crippen LogP contribution in [0.25, 0.3) is 40.0 Å². The second-order valence-corrected chi connectivity index (χ2v) is 9.54. The van der Waals surface area contributed by atoms with Crippen molar-refractivity contribution in [2.24, 2.45) is 0 Å². The number of anilines is 1. The summed E-state index contributed by atoms with van der Waals surface area (Å²) < 4.78 is 11.8. The molecule has 0 radical (unpaired) electrons. The maximum absolute atomic E-state index is 12.6. The molecule has 180 valence electrons. The zero-order valence-corrected chi connectivity index (χ0v) is 21.5. The Labute approximate surface area is 222 Å². The number of fused-ring (bicyclic) bond motifs is 1. The summed E-state index contributed by atoms with van der Waals surface area (Å²) in [4.78, 5) is 17.2. The molecule has 2 aromatic heterocycles. The van der Waals surface area contributed by atoms with Gasteiger partial charge in [0, 0.05) is 22.2 Å². The number of halogens is 3. The van der Waals surface area contributed by atoms with Gasteiger partial charge in [-0.15, -0.1) is 0 Å². The summed E-state index contributed by atoms with van der Waals surface area (Å²) in [6.07, 6.45) is 2.92. The first kappa shape index (κ1) is 24.2. The Morgan fingerprint density at radius 1 is 0.917 bits per heavy atom. The Morgan fingerprint density at radius 2 is 1.75 bits per heavy atom. The Balaban J connectivity index is 1.33. The lowest BCUT2D eigenvalue weighted by atomic mass is 10.1. The highest BCUT2D eigenvalue weighted by Gasteiger charge is 2.14. The number of nitrogens with one attached hydrogen (secondary N) is 1. The molecule has 8 heteroatoms. The molecular formula is C28H19Cl3N2O3. The van der Waals surface area contributed by atoms with Gasteiger partial charge in [0.05, 0.1) is 15.7 Å². The average molecular weight is 538 g/mol. The third-order valence-corrected chi connectivity index (χ3v) is 6.39. The number of aryl methyl sites for hydroxylation is 2. The van der Waals surface area contributed by atoms with Crippen LogP contribution in [0.3, 0.4) is 0 Å². The number of hydrogen-bond donors (Lipinski definition) is 1. The molecule has 0 saturated heterocycles. The molecule has 0 aliphatic heterocycles. The highest BCUT2D eigenvalue weighted by molar-refractivity contribution is 6.36. The van der Waals surface area contributed by atoms with Gasteiger partial charge in [-0.3, -0.25) is 4.79 Å². The maximum atomic E-state index is 12.6. The molecule has 0 aliphatic rings. The fourth-order valence-corrected chi connectivity index (χ4v) is 4.53. The number of oxazole rings is 1. The Hall–Kier alpha value is -3.51. The van der Waals surface area contributed by atoms with E-state index in [9.17, 15) is 4.79 Å². The van der Waals surface area contributed by atoms with Crippen LogP contribution in [0.1, 0.15) is 16.9 Å². The monoisotopic (exact) mass is 536 g/mol. The molecule has 0 atom stereocenters. The first-order chi connectivity index (χ1) is 17.3. The lowest BCUT2D eigenvalue weighted by Gasteiger charge is -2.06. The van der Waals surface area contributed by atoms with Crippen LogP contribution in [0.5, 0.6) is 0 Å². The van der Waals surface area contributed by atoms with Crippen molar-refractivity contribution in [3.63, 3.8) is 0 Å². The number of rotatable bonds is 5. The van der Waals surface area contributed by atoms with Crippen molar-refractivity contribution < 1.29 is 13.6 Å². The van der Waals surface area contributed by atoms with E-state index in [1.54, 1.807) is 54.6 Å². The van der Waals surface area contributed by atoms with E-state index in [1.807, 2.05) is 26.0 Å². The summed E-state index contributed by atoms with van der Waals surface area (Å²) in [6.45, 7) is 4.00. The largest absolute Gasteiger partial charge is 0.457 e. The van der Waals surface area contributed by atoms with Gasteiger partial charge in [0.1, 0.15) is 17.0 Å². The summed E-state index contributed by atoms with van der Waals surface area (Å²) in [5.41, 5.74) is 5.47. The first-order valence-corrected chi connectivity index (χ1v) is 12.1. The molecule has 36 heavy (non-hydrogen) atoms. The molecular weight excluding hydrogens is 519 g/mol. The van der Waals surface area contributed by atoms with Crippen molar-refractivity contribution in [2.45, 2.75) is 13.8 Å². The zero-order chi connectivity index (χ0) is 25.4. The summed E-state index contributed by atoms with van der Waals surface area (Å²) in [5, 5.41) is 4.20. The predicted octanol–water partition coefficient (Wildman–Crippen LogP) is 8.98. The van der Waals surface area contributed by atoms with E-state index in [0.29, 0.717) is 49.3 Å². The molecule has 1 amide bonds. The van der Waals surface area contributed by atoms with Crippen LogP contribution in [-0.2, 0) is 4.79 Å². The van der Waals surface area contributed by atoms with Gasteiger partial charge in [-0.25, -0.2) is 4.98 Å². The maximum Gasteiger partial charge on any atom is 0.248 e. The molecule has 5 rings (SSSR count). The summed E-state index contributed by atoms with van der Waals surface area (Å²) in [7, 11) is 0. The van der Waals surface area contributed by atoms with Gasteiger partial charge in [-0.1, -0.05) is 40.9 Å². The number of aromatic nitrogens is 1. The second kappa shape index (κ2) is 9.86. The third-order valence-electron chi connectivity index (χ3n) is 5.51. The van der Waals surface area contributed by atoms with Crippen LogP contribution < -0.4 is 5.32 Å². The molecule has 5 nitrogen and oxygen atoms in total. The molecule has 0 spiro atoms. The number of carbonyl (C=O) groups excluding carboxylic acids is 1. The Bertz CT molecular complexity index is 1650. The fraction of sp³-hybridized carbons (Fsp3) is 0.0714. The van der Waals surface area contributed by atoms with Crippen molar-refractivity contribution in [3.8, 4) is 22.8 Å². The topological polar surface area (TPSA) is 68.3 Å². The summed E-state index contributed by atoms with van der Waals surface area (Å²) in [6, 6.07) is 17.9. The molecule has 0 unspecified atom stereocenters. The van der Waals surface area contributed by atoms with Crippen LogP contribution in [0, 0.1) is 13.8 Å². The lowest BCUT2D eigenvalue weighted by Crippen LogP contribution is -2.08. The normalized spacial score (nSPS) is 11.5. The number of benzene rings is 3. The van der Waals surface area contributed by atoms with Gasteiger partial charge < -0.3 is 14.2 Å². The zero-order valence-electron chi connectivity index (χ0n) is 19.2. The quantitative estimate of drug-likeness (QED) is 0.227. The minimum absolute atomic E-state index is 0.374. The second-order valence-electron chi connectivity index (χ2n) is 8.29. The van der Waals surface area contributed by atoms with E-state index in [2.05, 4.69) is 10.3 Å². The van der Waals surface area contributed by atoms with Crippen LogP contribution in [0.15, 0.2) is 75.6 Å². The smallest absolute Gasteiger partial charge is 0.248 e. The molecule has 0 bridgehead atoms. The highest BCUT2D eigenvalue weighted by atomic mass is 35.5. The van der Waals surface area contributed by atoms with E-state index in [-0.39, 0.29) is 5.91 Å². The summed E-state index contributed by atoms with van der Waals surface area (Å²) in [5.74, 6) is 1.13. The van der Waals surface area contributed by atoms with Gasteiger partial charge in [0.15, 0.2) is 5.58 Å². The molecule has 3 aromatic carbocycles. The van der Waals surface area contributed by atoms with Gasteiger partial charge >= 0.3 is 0 Å². The molecule has 0 fully saturated rings. The Kier molecular flexibility index (Phi) is 6.63. The van der Waals surface area contributed by atoms with Gasteiger partial charge in [0.2, 0.25) is 11.8 Å². The fourth-order valence-electron chi connectivity index (χ4n) is 3.86. The van der Waals surface area contributed by atoms with Crippen molar-refractivity contribution >= 4 is 63.6 Å². The van der Waals surface area contributed by atoms with Crippen molar-refractivity contribution in [1.29, 1.82) is 0 Å². The summed E-state index contributed by atoms with van der Waals surface area (Å²) >= 11 is 18.5. The van der Waals surface area contributed by atoms with E-state index in [4.69, 9.17) is 43.6 Å². The van der Waals surface area contributed by atoms with E-state index in [1.165, 1.54) is 6.08 Å². The van der Waals surface area contributed by atoms with E-state index >= 15 is 0 Å². The highest BCUT2D eigenvalue weighted by Crippen LogP contribution is 2.33. The van der Waals surface area contributed by atoms with Gasteiger partial charge in [-0.05, 0) is 85.6 Å². The number of nitrogens with zero attached hydrogens (tertiary/aromatic N) is 1. The Morgan fingerprint density at radius 3 is 2.56 bits per heavy atom. The van der Waals surface area contributed by atoms with Crippen molar-refractivity contribution in [3.05, 3.63) is 98.7 Å².